The van der Waals surface area contributed by atoms with Crippen LogP contribution in [0, 0.1) is 0 Å². The molecule has 0 saturated carbocycles. The molecule has 4 nitrogen and oxygen atoms in total. The van der Waals surface area contributed by atoms with Gasteiger partial charge in [0, 0.05) is 17.7 Å². The first kappa shape index (κ1) is 16.1. The Kier molecular flexibility index (Phi) is 4.01. The van der Waals surface area contributed by atoms with E-state index in [-0.39, 0.29) is 5.91 Å². The second kappa shape index (κ2) is 6.48. The van der Waals surface area contributed by atoms with E-state index in [1.165, 1.54) is 4.90 Å². The number of fused-ring (bicyclic) bond motifs is 1. The monoisotopic (exact) mass is 342 g/mol. The maximum absolute atomic E-state index is 13.1. The summed E-state index contributed by atoms with van der Waals surface area (Å²) in [7, 11) is 0. The first-order chi connectivity index (χ1) is 12.6. The third-order valence-electron chi connectivity index (χ3n) is 4.76. The van der Waals surface area contributed by atoms with Gasteiger partial charge in [-0.2, -0.15) is 0 Å². The van der Waals surface area contributed by atoms with E-state index in [1.807, 2.05) is 66.7 Å². The number of para-hydroxylation sites is 1. The van der Waals surface area contributed by atoms with Crippen molar-refractivity contribution in [3.05, 3.63) is 90.0 Å². The number of hydrogen-bond donors (Lipinski definition) is 1. The normalized spacial score (nSPS) is 15.5. The Morgan fingerprint density at radius 2 is 1.42 bits per heavy atom. The van der Waals surface area contributed by atoms with Gasteiger partial charge in [-0.05, 0) is 34.9 Å². The Morgan fingerprint density at radius 3 is 2.12 bits per heavy atom. The molecule has 0 aromatic heterocycles. The molecule has 2 amide bonds. The van der Waals surface area contributed by atoms with Gasteiger partial charge in [0.2, 0.25) is 5.91 Å². The highest BCUT2D eigenvalue weighted by Gasteiger charge is 2.37. The van der Waals surface area contributed by atoms with Crippen LogP contribution in [-0.2, 0) is 11.2 Å². The van der Waals surface area contributed by atoms with Gasteiger partial charge in [-0.15, -0.1) is 0 Å². The van der Waals surface area contributed by atoms with Gasteiger partial charge >= 0.3 is 0 Å². The Morgan fingerprint density at radius 1 is 0.808 bits per heavy atom. The third kappa shape index (κ3) is 2.75. The van der Waals surface area contributed by atoms with Crippen molar-refractivity contribution < 1.29 is 9.59 Å². The molecule has 3 aromatic rings. The first-order valence-corrected chi connectivity index (χ1v) is 8.51. The Labute approximate surface area is 151 Å². The molecule has 1 aliphatic rings. The molecule has 0 radical (unpaired) electrons. The summed E-state index contributed by atoms with van der Waals surface area (Å²) < 4.78 is 0. The van der Waals surface area contributed by atoms with Crippen molar-refractivity contribution in [1.82, 2.24) is 0 Å². The Hall–Kier alpha value is -3.40. The summed E-state index contributed by atoms with van der Waals surface area (Å²) in [5.74, 6) is -0.700. The second-order valence-corrected chi connectivity index (χ2v) is 6.37. The first-order valence-electron chi connectivity index (χ1n) is 8.51. The minimum atomic E-state index is -0.645. The maximum Gasteiger partial charge on any atom is 0.259 e. The van der Waals surface area contributed by atoms with E-state index in [0.29, 0.717) is 12.0 Å². The molecule has 4 rings (SSSR count). The summed E-state index contributed by atoms with van der Waals surface area (Å²) in [6.45, 7) is 0. The number of nitrogens with zero attached hydrogens (tertiary/aromatic N) is 1. The SMILES string of the molecule is NC(=O)[C@@H]1Cc2ccccc2N1C(=O)c1ccc(-c2ccccc2)cc1. The molecule has 26 heavy (non-hydrogen) atoms. The van der Waals surface area contributed by atoms with Crippen LogP contribution in [-0.4, -0.2) is 17.9 Å². The molecule has 0 fully saturated rings. The number of anilines is 1. The molecule has 128 valence electrons. The lowest BCUT2D eigenvalue weighted by Gasteiger charge is -2.23. The predicted octanol–water partition coefficient (Wildman–Crippen LogP) is 3.41. The number of hydrogen-bond acceptors (Lipinski definition) is 2. The molecule has 1 heterocycles. The van der Waals surface area contributed by atoms with Crippen LogP contribution in [0.15, 0.2) is 78.9 Å². The summed E-state index contributed by atoms with van der Waals surface area (Å²) in [5.41, 5.74) is 9.94. The van der Waals surface area contributed by atoms with Crippen LogP contribution in [0.3, 0.4) is 0 Å². The van der Waals surface area contributed by atoms with Crippen molar-refractivity contribution in [1.29, 1.82) is 0 Å². The van der Waals surface area contributed by atoms with E-state index in [4.69, 9.17) is 5.73 Å². The van der Waals surface area contributed by atoms with Gasteiger partial charge in [0.25, 0.3) is 5.91 Å². The average molecular weight is 342 g/mol. The van der Waals surface area contributed by atoms with E-state index in [9.17, 15) is 9.59 Å². The molecular formula is C22H18N2O2. The molecule has 0 saturated heterocycles. The van der Waals surface area contributed by atoms with E-state index in [1.54, 1.807) is 12.1 Å². The highest BCUT2D eigenvalue weighted by atomic mass is 16.2. The lowest BCUT2D eigenvalue weighted by molar-refractivity contribution is -0.119. The van der Waals surface area contributed by atoms with Crippen LogP contribution in [0.1, 0.15) is 15.9 Å². The minimum Gasteiger partial charge on any atom is -0.368 e. The van der Waals surface area contributed by atoms with Crippen molar-refractivity contribution in [2.24, 2.45) is 5.73 Å². The van der Waals surface area contributed by atoms with E-state index in [2.05, 4.69) is 0 Å². The maximum atomic E-state index is 13.1. The summed E-state index contributed by atoms with van der Waals surface area (Å²) in [6, 6.07) is 24.3. The fraction of sp³-hybridized carbons (Fsp3) is 0.0909. The molecule has 0 aliphatic carbocycles. The summed E-state index contributed by atoms with van der Waals surface area (Å²) in [4.78, 5) is 26.5. The second-order valence-electron chi connectivity index (χ2n) is 6.37. The van der Waals surface area contributed by atoms with Crippen LogP contribution >= 0.6 is 0 Å². The highest BCUT2D eigenvalue weighted by molar-refractivity contribution is 6.11. The smallest absolute Gasteiger partial charge is 0.259 e. The lowest BCUT2D eigenvalue weighted by Crippen LogP contribution is -2.46. The molecule has 1 aliphatic heterocycles. The van der Waals surface area contributed by atoms with Gasteiger partial charge in [-0.1, -0.05) is 60.7 Å². The summed E-state index contributed by atoms with van der Waals surface area (Å²) in [5, 5.41) is 0. The van der Waals surface area contributed by atoms with Gasteiger partial charge in [-0.3, -0.25) is 14.5 Å². The molecule has 0 spiro atoms. The molecule has 4 heteroatoms. The Balaban J connectivity index is 1.67. The predicted molar refractivity (Wildman–Crippen MR) is 102 cm³/mol. The zero-order valence-electron chi connectivity index (χ0n) is 14.1. The van der Waals surface area contributed by atoms with Crippen LogP contribution in [0.5, 0.6) is 0 Å². The molecule has 0 bridgehead atoms. The van der Waals surface area contributed by atoms with Crippen LogP contribution in [0.2, 0.25) is 0 Å². The number of nitrogens with two attached hydrogens (primary N) is 1. The van der Waals surface area contributed by atoms with E-state index < -0.39 is 11.9 Å². The van der Waals surface area contributed by atoms with Gasteiger partial charge in [0.1, 0.15) is 6.04 Å². The summed E-state index contributed by atoms with van der Waals surface area (Å²) >= 11 is 0. The average Bonchev–Trinajstić information content (AvgIpc) is 3.08. The number of carbonyl (C=O) groups excluding carboxylic acids is 2. The van der Waals surface area contributed by atoms with E-state index in [0.717, 1.165) is 22.4 Å². The Bertz CT molecular complexity index is 965. The quantitative estimate of drug-likeness (QED) is 0.793. The molecular weight excluding hydrogens is 324 g/mol. The van der Waals surface area contributed by atoms with Crippen molar-refractivity contribution >= 4 is 17.5 Å². The summed E-state index contributed by atoms with van der Waals surface area (Å²) in [6.07, 6.45) is 0.458. The third-order valence-corrected chi connectivity index (χ3v) is 4.76. The van der Waals surface area contributed by atoms with Gasteiger partial charge in [-0.25, -0.2) is 0 Å². The zero-order valence-corrected chi connectivity index (χ0v) is 14.1. The van der Waals surface area contributed by atoms with Gasteiger partial charge in [0.15, 0.2) is 0 Å². The van der Waals surface area contributed by atoms with Crippen molar-refractivity contribution in [2.45, 2.75) is 12.5 Å². The number of primary amides is 1. The lowest BCUT2D eigenvalue weighted by atomic mass is 10.0. The van der Waals surface area contributed by atoms with Gasteiger partial charge < -0.3 is 5.73 Å². The van der Waals surface area contributed by atoms with Crippen LogP contribution < -0.4 is 10.6 Å². The fourth-order valence-electron chi connectivity index (χ4n) is 3.44. The standard InChI is InChI=1S/C22H18N2O2/c23-21(25)20-14-18-8-4-5-9-19(18)24(20)22(26)17-12-10-16(11-13-17)15-6-2-1-3-7-15/h1-13,20H,14H2,(H2,23,25)/t20-/m0/s1. The number of carbonyl (C=O) groups is 2. The molecule has 1 atom stereocenters. The number of benzene rings is 3. The van der Waals surface area contributed by atoms with Crippen molar-refractivity contribution in [3.8, 4) is 11.1 Å². The molecule has 0 unspecified atom stereocenters. The zero-order chi connectivity index (χ0) is 18.1. The van der Waals surface area contributed by atoms with Gasteiger partial charge in [0.05, 0.1) is 0 Å². The number of rotatable bonds is 3. The van der Waals surface area contributed by atoms with Crippen molar-refractivity contribution in [2.75, 3.05) is 4.90 Å². The van der Waals surface area contributed by atoms with Crippen molar-refractivity contribution in [3.63, 3.8) is 0 Å². The highest BCUT2D eigenvalue weighted by Crippen LogP contribution is 2.33. The molecule has 2 N–H and O–H groups in total. The molecule has 3 aromatic carbocycles. The topological polar surface area (TPSA) is 63.4 Å². The van der Waals surface area contributed by atoms with Crippen LogP contribution in [0.4, 0.5) is 5.69 Å². The largest absolute Gasteiger partial charge is 0.368 e. The van der Waals surface area contributed by atoms with Crippen LogP contribution in [0.25, 0.3) is 11.1 Å². The number of amides is 2. The minimum absolute atomic E-state index is 0.210. The fourth-order valence-corrected chi connectivity index (χ4v) is 3.44. The van der Waals surface area contributed by atoms with E-state index >= 15 is 0 Å².